The summed E-state index contributed by atoms with van der Waals surface area (Å²) in [7, 11) is 0. The van der Waals surface area contributed by atoms with Crippen LogP contribution < -0.4 is 5.32 Å². The molecule has 0 aliphatic carbocycles. The smallest absolute Gasteiger partial charge is 0.322 e. The molecule has 3 aromatic rings. The van der Waals surface area contributed by atoms with E-state index in [0.717, 1.165) is 18.2 Å². The summed E-state index contributed by atoms with van der Waals surface area (Å²) in [5, 5.41) is 31.1. The zero-order valence-corrected chi connectivity index (χ0v) is 12.1. The Hall–Kier alpha value is -4.09. The first-order chi connectivity index (χ1) is 11.9. The van der Waals surface area contributed by atoms with Gasteiger partial charge in [-0.05, 0) is 12.1 Å². The molecule has 3 rings (SSSR count). The van der Waals surface area contributed by atoms with E-state index in [4.69, 9.17) is 8.83 Å². The van der Waals surface area contributed by atoms with E-state index in [1.807, 2.05) is 0 Å². The summed E-state index contributed by atoms with van der Waals surface area (Å²) in [6.45, 7) is 0. The number of carbonyl (C=O) groups excluding carboxylic acids is 1. The Morgan fingerprint density at radius 1 is 1.08 bits per heavy atom. The second-order valence-electron chi connectivity index (χ2n) is 4.60. The fourth-order valence-corrected chi connectivity index (χ4v) is 1.88. The molecule has 0 spiro atoms. The van der Waals surface area contributed by atoms with Crippen LogP contribution in [0.15, 0.2) is 45.4 Å². The van der Waals surface area contributed by atoms with E-state index in [2.05, 4.69) is 15.5 Å². The topological polar surface area (TPSA) is 167 Å². The Bertz CT molecular complexity index is 931. The number of non-ortho nitro benzene ring substituents is 2. The molecule has 2 aromatic heterocycles. The van der Waals surface area contributed by atoms with Gasteiger partial charge >= 0.3 is 6.01 Å². The van der Waals surface area contributed by atoms with Crippen LogP contribution in [0.1, 0.15) is 10.4 Å². The van der Waals surface area contributed by atoms with Gasteiger partial charge in [-0.25, -0.2) is 0 Å². The van der Waals surface area contributed by atoms with Crippen molar-refractivity contribution in [2.24, 2.45) is 0 Å². The Morgan fingerprint density at radius 2 is 1.76 bits per heavy atom. The highest BCUT2D eigenvalue weighted by molar-refractivity contribution is 6.04. The van der Waals surface area contributed by atoms with Crippen molar-refractivity contribution in [2.75, 3.05) is 5.32 Å². The number of amides is 1. The lowest BCUT2D eigenvalue weighted by molar-refractivity contribution is -0.394. The van der Waals surface area contributed by atoms with Crippen LogP contribution in [-0.2, 0) is 0 Å². The van der Waals surface area contributed by atoms with Crippen molar-refractivity contribution in [1.82, 2.24) is 10.2 Å². The SMILES string of the molecule is O=C(Nc1nnc(-c2ccco2)o1)c1cc([N+](=O)[O-])cc([N+](=O)[O-])c1. The van der Waals surface area contributed by atoms with Gasteiger partial charge in [0.05, 0.1) is 27.7 Å². The number of nitrogens with one attached hydrogen (secondary N) is 1. The number of carbonyl (C=O) groups is 1. The van der Waals surface area contributed by atoms with E-state index in [0.29, 0.717) is 0 Å². The van der Waals surface area contributed by atoms with Crippen molar-refractivity contribution >= 4 is 23.3 Å². The molecule has 12 heteroatoms. The molecule has 1 N–H and O–H groups in total. The Labute approximate surface area is 137 Å². The van der Waals surface area contributed by atoms with Crippen molar-refractivity contribution in [1.29, 1.82) is 0 Å². The van der Waals surface area contributed by atoms with Gasteiger partial charge < -0.3 is 8.83 Å². The van der Waals surface area contributed by atoms with E-state index in [1.165, 1.54) is 6.26 Å². The van der Waals surface area contributed by atoms with Crippen LogP contribution in [-0.4, -0.2) is 26.0 Å². The van der Waals surface area contributed by atoms with Gasteiger partial charge in [0.25, 0.3) is 23.2 Å². The molecule has 25 heavy (non-hydrogen) atoms. The van der Waals surface area contributed by atoms with Gasteiger partial charge in [-0.2, -0.15) is 0 Å². The van der Waals surface area contributed by atoms with Crippen LogP contribution in [0.4, 0.5) is 17.4 Å². The quantitative estimate of drug-likeness (QED) is 0.539. The average Bonchev–Trinajstić information content (AvgIpc) is 3.25. The van der Waals surface area contributed by atoms with Gasteiger partial charge in [0.2, 0.25) is 0 Å². The van der Waals surface area contributed by atoms with Crippen molar-refractivity contribution in [3.05, 3.63) is 62.4 Å². The van der Waals surface area contributed by atoms with Crippen molar-refractivity contribution in [2.45, 2.75) is 0 Å². The van der Waals surface area contributed by atoms with E-state index in [1.54, 1.807) is 12.1 Å². The standard InChI is InChI=1S/C13H7N5O7/c19-11(7-4-8(17(20)21)6-9(5-7)18(22)23)14-13-16-15-12(25-13)10-2-1-3-24-10/h1-6H,(H,14,16,19). The van der Waals surface area contributed by atoms with Crippen LogP contribution in [0.25, 0.3) is 11.7 Å². The minimum Gasteiger partial charge on any atom is -0.459 e. The molecular weight excluding hydrogens is 338 g/mol. The highest BCUT2D eigenvalue weighted by atomic mass is 16.6. The summed E-state index contributed by atoms with van der Waals surface area (Å²) in [5.41, 5.74) is -1.50. The molecule has 1 amide bonds. The van der Waals surface area contributed by atoms with Crippen LogP contribution in [0.3, 0.4) is 0 Å². The number of furan rings is 1. The largest absolute Gasteiger partial charge is 0.459 e. The zero-order valence-electron chi connectivity index (χ0n) is 12.1. The maximum absolute atomic E-state index is 12.2. The predicted octanol–water partition coefficient (Wildman–Crippen LogP) is 2.40. The van der Waals surface area contributed by atoms with Crippen LogP contribution >= 0.6 is 0 Å². The molecule has 0 saturated heterocycles. The molecule has 1 aromatic carbocycles. The summed E-state index contributed by atoms with van der Waals surface area (Å²) < 4.78 is 10.2. The van der Waals surface area contributed by atoms with E-state index in [9.17, 15) is 25.0 Å². The van der Waals surface area contributed by atoms with E-state index in [-0.39, 0.29) is 23.2 Å². The number of nitro groups is 2. The summed E-state index contributed by atoms with van der Waals surface area (Å²) in [4.78, 5) is 32.2. The third-order valence-electron chi connectivity index (χ3n) is 2.96. The number of hydrogen-bond acceptors (Lipinski definition) is 9. The monoisotopic (exact) mass is 345 g/mol. The van der Waals surface area contributed by atoms with Crippen LogP contribution in [0.2, 0.25) is 0 Å². The maximum atomic E-state index is 12.2. The highest BCUT2D eigenvalue weighted by Gasteiger charge is 2.21. The lowest BCUT2D eigenvalue weighted by Crippen LogP contribution is -2.13. The third kappa shape index (κ3) is 3.31. The zero-order chi connectivity index (χ0) is 18.0. The number of rotatable bonds is 5. The van der Waals surface area contributed by atoms with Gasteiger partial charge in [-0.3, -0.25) is 30.3 Å². The molecule has 12 nitrogen and oxygen atoms in total. The average molecular weight is 345 g/mol. The minimum absolute atomic E-state index is 0.00493. The summed E-state index contributed by atoms with van der Waals surface area (Å²) in [5.74, 6) is -0.606. The number of benzene rings is 1. The maximum Gasteiger partial charge on any atom is 0.322 e. The number of nitro benzene ring substituents is 2. The van der Waals surface area contributed by atoms with Gasteiger partial charge in [-0.1, -0.05) is 5.10 Å². The van der Waals surface area contributed by atoms with Crippen molar-refractivity contribution in [3.8, 4) is 11.7 Å². The first-order valence-electron chi connectivity index (χ1n) is 6.56. The number of hydrogen-bond donors (Lipinski definition) is 1. The molecule has 0 radical (unpaired) electrons. The third-order valence-corrected chi connectivity index (χ3v) is 2.96. The number of aromatic nitrogens is 2. The lowest BCUT2D eigenvalue weighted by atomic mass is 10.1. The van der Waals surface area contributed by atoms with E-state index < -0.39 is 27.1 Å². The second kappa shape index (κ2) is 6.19. The number of anilines is 1. The van der Waals surface area contributed by atoms with Crippen LogP contribution in [0.5, 0.6) is 0 Å². The van der Waals surface area contributed by atoms with Gasteiger partial charge in [0.15, 0.2) is 5.76 Å². The molecule has 0 atom stereocenters. The summed E-state index contributed by atoms with van der Waals surface area (Å²) in [6.07, 6.45) is 1.39. The molecule has 0 aliphatic rings. The van der Waals surface area contributed by atoms with Gasteiger partial charge in [0.1, 0.15) is 0 Å². The fraction of sp³-hybridized carbons (Fsp3) is 0. The first-order valence-corrected chi connectivity index (χ1v) is 6.56. The van der Waals surface area contributed by atoms with Gasteiger partial charge in [-0.15, -0.1) is 5.10 Å². The molecule has 0 unspecified atom stereocenters. The molecule has 0 saturated carbocycles. The Kier molecular flexibility index (Phi) is 3.91. The predicted molar refractivity (Wildman–Crippen MR) is 79.7 cm³/mol. The highest BCUT2D eigenvalue weighted by Crippen LogP contribution is 2.24. The van der Waals surface area contributed by atoms with E-state index >= 15 is 0 Å². The molecule has 126 valence electrons. The lowest BCUT2D eigenvalue weighted by Gasteiger charge is -2.01. The van der Waals surface area contributed by atoms with Crippen molar-refractivity contribution < 1.29 is 23.5 Å². The Balaban J connectivity index is 1.86. The summed E-state index contributed by atoms with van der Waals surface area (Å²) >= 11 is 0. The first kappa shape index (κ1) is 15.8. The minimum atomic E-state index is -0.888. The molecular formula is C13H7N5O7. The van der Waals surface area contributed by atoms with Gasteiger partial charge in [0, 0.05) is 12.1 Å². The Morgan fingerprint density at radius 3 is 2.32 bits per heavy atom. The van der Waals surface area contributed by atoms with Crippen LogP contribution in [0, 0.1) is 20.2 Å². The summed E-state index contributed by atoms with van der Waals surface area (Å²) in [6, 6.07) is 5.39. The fourth-order valence-electron chi connectivity index (χ4n) is 1.88. The normalized spacial score (nSPS) is 10.4. The molecule has 0 aliphatic heterocycles. The number of nitrogens with zero attached hydrogens (tertiary/aromatic N) is 4. The second-order valence-corrected chi connectivity index (χ2v) is 4.60. The molecule has 0 bridgehead atoms. The van der Waals surface area contributed by atoms with Crippen molar-refractivity contribution in [3.63, 3.8) is 0 Å². The molecule has 2 heterocycles. The molecule has 0 fully saturated rings.